The van der Waals surface area contributed by atoms with E-state index in [0.29, 0.717) is 29.6 Å². The number of hydrogen-bond donors (Lipinski definition) is 0. The van der Waals surface area contributed by atoms with E-state index in [1.165, 1.54) is 49.1 Å². The SMILES string of the molecule is CCC1CCCCC1.C[C@H]1CCN(S(C)(=O)=O)C1.Cc1ccc(C#N)c(Cl)c1. The first-order chi connectivity index (χ1) is 13.2. The van der Waals surface area contributed by atoms with Crippen molar-refractivity contribution in [2.75, 3.05) is 19.3 Å². The first-order valence-electron chi connectivity index (χ1n) is 10.3. The molecule has 1 aliphatic carbocycles. The average Bonchev–Trinajstić information content (AvgIpc) is 3.10. The lowest BCUT2D eigenvalue weighted by Crippen LogP contribution is -2.27. The van der Waals surface area contributed by atoms with E-state index in [0.717, 1.165) is 17.9 Å². The Bertz CT molecular complexity index is 737. The second-order valence-corrected chi connectivity index (χ2v) is 10.4. The van der Waals surface area contributed by atoms with Gasteiger partial charge in [-0.05, 0) is 42.9 Å². The maximum absolute atomic E-state index is 10.9. The fourth-order valence-electron chi connectivity index (χ4n) is 3.50. The van der Waals surface area contributed by atoms with Crippen LogP contribution in [0.4, 0.5) is 0 Å². The zero-order chi connectivity index (χ0) is 21.2. The van der Waals surface area contributed by atoms with Gasteiger partial charge in [0.2, 0.25) is 10.0 Å². The Hall–Kier alpha value is -1.09. The van der Waals surface area contributed by atoms with Gasteiger partial charge in [-0.1, -0.05) is 70.0 Å². The molecule has 0 N–H and O–H groups in total. The minimum atomic E-state index is -2.90. The van der Waals surface area contributed by atoms with Crippen molar-refractivity contribution in [1.82, 2.24) is 4.31 Å². The molecule has 1 aromatic carbocycles. The first-order valence-corrected chi connectivity index (χ1v) is 12.5. The van der Waals surface area contributed by atoms with Gasteiger partial charge >= 0.3 is 0 Å². The Balaban J connectivity index is 0.000000212. The lowest BCUT2D eigenvalue weighted by atomic mass is 9.88. The quantitative estimate of drug-likeness (QED) is 0.601. The van der Waals surface area contributed by atoms with Crippen molar-refractivity contribution in [1.29, 1.82) is 5.26 Å². The minimum Gasteiger partial charge on any atom is -0.213 e. The van der Waals surface area contributed by atoms with Crippen molar-refractivity contribution in [3.63, 3.8) is 0 Å². The molecule has 0 aromatic heterocycles. The topological polar surface area (TPSA) is 61.2 Å². The molecular weight excluding hydrogens is 392 g/mol. The number of rotatable bonds is 2. The zero-order valence-corrected chi connectivity index (χ0v) is 19.3. The zero-order valence-electron chi connectivity index (χ0n) is 17.7. The molecule has 0 spiro atoms. The van der Waals surface area contributed by atoms with E-state index < -0.39 is 10.0 Å². The fourth-order valence-corrected chi connectivity index (χ4v) is 4.74. The van der Waals surface area contributed by atoms with Gasteiger partial charge in [0.25, 0.3) is 0 Å². The summed E-state index contributed by atoms with van der Waals surface area (Å²) in [6.45, 7) is 7.74. The Morgan fingerprint density at radius 3 is 2.21 bits per heavy atom. The summed E-state index contributed by atoms with van der Waals surface area (Å²) in [6.07, 6.45) is 11.2. The summed E-state index contributed by atoms with van der Waals surface area (Å²) in [5, 5.41) is 9.00. The van der Waals surface area contributed by atoms with Crippen LogP contribution in [0.15, 0.2) is 18.2 Å². The van der Waals surface area contributed by atoms with Gasteiger partial charge in [-0.3, -0.25) is 0 Å². The summed E-state index contributed by atoms with van der Waals surface area (Å²) in [7, 11) is -2.90. The monoisotopic (exact) mass is 426 g/mol. The number of nitrogens with zero attached hydrogens (tertiary/aromatic N) is 2. The van der Waals surface area contributed by atoms with E-state index in [2.05, 4.69) is 13.8 Å². The third-order valence-corrected chi connectivity index (χ3v) is 6.99. The molecule has 3 rings (SSSR count). The van der Waals surface area contributed by atoms with Gasteiger partial charge in [-0.15, -0.1) is 0 Å². The fraction of sp³-hybridized carbons (Fsp3) is 0.682. The minimum absolute atomic E-state index is 0.530. The first kappa shape index (κ1) is 24.9. The van der Waals surface area contributed by atoms with Crippen LogP contribution < -0.4 is 0 Å². The van der Waals surface area contributed by atoms with Gasteiger partial charge in [0.05, 0.1) is 16.8 Å². The van der Waals surface area contributed by atoms with Gasteiger partial charge in [-0.25, -0.2) is 12.7 Å². The van der Waals surface area contributed by atoms with Crippen LogP contribution in [0.5, 0.6) is 0 Å². The molecule has 6 heteroatoms. The van der Waals surface area contributed by atoms with E-state index in [9.17, 15) is 8.42 Å². The Labute approximate surface area is 176 Å². The second kappa shape index (κ2) is 12.5. The Morgan fingerprint density at radius 2 is 1.86 bits per heavy atom. The van der Waals surface area contributed by atoms with Gasteiger partial charge in [0, 0.05) is 13.1 Å². The normalized spacial score (nSPS) is 20.4. The maximum Gasteiger partial charge on any atom is 0.211 e. The van der Waals surface area contributed by atoms with E-state index in [1.807, 2.05) is 19.1 Å². The lowest BCUT2D eigenvalue weighted by Gasteiger charge is -2.18. The molecule has 1 heterocycles. The summed E-state index contributed by atoms with van der Waals surface area (Å²) in [5.74, 6) is 1.62. The molecule has 1 aromatic rings. The molecule has 1 saturated carbocycles. The van der Waals surface area contributed by atoms with Gasteiger partial charge in [0.15, 0.2) is 0 Å². The van der Waals surface area contributed by atoms with Gasteiger partial charge < -0.3 is 0 Å². The van der Waals surface area contributed by atoms with Crippen molar-refractivity contribution in [3.8, 4) is 6.07 Å². The molecule has 28 heavy (non-hydrogen) atoms. The standard InChI is InChI=1S/C8H6ClN.C8H16.C6H13NO2S/c1-6-2-3-7(5-10)8(9)4-6;1-2-8-6-4-3-5-7-8;1-6-3-4-7(5-6)10(2,8)9/h2-4H,1H3;8H,2-7H2,1H3;6H,3-5H2,1-2H3/t;;6-/m..0/s1. The van der Waals surface area contributed by atoms with Gasteiger partial charge in [-0.2, -0.15) is 5.26 Å². The molecule has 2 fully saturated rings. The molecule has 2 aliphatic rings. The summed E-state index contributed by atoms with van der Waals surface area (Å²) >= 11 is 5.71. The van der Waals surface area contributed by atoms with Crippen LogP contribution in [0.25, 0.3) is 0 Å². The molecule has 1 aliphatic heterocycles. The highest BCUT2D eigenvalue weighted by molar-refractivity contribution is 7.88. The number of benzene rings is 1. The highest BCUT2D eigenvalue weighted by atomic mass is 35.5. The van der Waals surface area contributed by atoms with E-state index in [4.69, 9.17) is 16.9 Å². The van der Waals surface area contributed by atoms with Crippen molar-refractivity contribution < 1.29 is 8.42 Å². The third kappa shape index (κ3) is 9.41. The summed E-state index contributed by atoms with van der Waals surface area (Å²) in [4.78, 5) is 0. The number of hydrogen-bond acceptors (Lipinski definition) is 3. The number of nitriles is 1. The van der Waals surface area contributed by atoms with Crippen molar-refractivity contribution in [2.24, 2.45) is 11.8 Å². The maximum atomic E-state index is 10.9. The van der Waals surface area contributed by atoms with E-state index in [-0.39, 0.29) is 0 Å². The van der Waals surface area contributed by atoms with E-state index >= 15 is 0 Å². The Morgan fingerprint density at radius 1 is 1.21 bits per heavy atom. The highest BCUT2D eigenvalue weighted by Gasteiger charge is 2.25. The van der Waals surface area contributed by atoms with E-state index in [1.54, 1.807) is 12.1 Å². The largest absolute Gasteiger partial charge is 0.213 e. The Kier molecular flexibility index (Phi) is 11.1. The molecule has 0 bridgehead atoms. The molecule has 0 unspecified atom stereocenters. The number of halogens is 1. The predicted octanol–water partition coefficient (Wildman–Crippen LogP) is 5.78. The molecule has 1 saturated heterocycles. The molecule has 158 valence electrons. The molecule has 1 atom stereocenters. The van der Waals surface area contributed by atoms with Crippen LogP contribution in [0.1, 0.15) is 69.9 Å². The highest BCUT2D eigenvalue weighted by Crippen LogP contribution is 2.25. The summed E-state index contributed by atoms with van der Waals surface area (Å²) < 4.78 is 23.3. The summed E-state index contributed by atoms with van der Waals surface area (Å²) in [6, 6.07) is 7.35. The van der Waals surface area contributed by atoms with Crippen LogP contribution in [-0.4, -0.2) is 32.1 Å². The predicted molar refractivity (Wildman–Crippen MR) is 118 cm³/mol. The molecule has 4 nitrogen and oxygen atoms in total. The van der Waals surface area contributed by atoms with Crippen LogP contribution in [0, 0.1) is 30.1 Å². The number of aryl methyl sites for hydroxylation is 1. The van der Waals surface area contributed by atoms with Crippen molar-refractivity contribution in [2.45, 2.75) is 65.7 Å². The number of sulfonamides is 1. The van der Waals surface area contributed by atoms with Crippen molar-refractivity contribution >= 4 is 21.6 Å². The lowest BCUT2D eigenvalue weighted by molar-refractivity contribution is 0.349. The smallest absolute Gasteiger partial charge is 0.211 e. The van der Waals surface area contributed by atoms with Crippen LogP contribution in [0.2, 0.25) is 5.02 Å². The van der Waals surface area contributed by atoms with Gasteiger partial charge in [0.1, 0.15) is 6.07 Å². The van der Waals surface area contributed by atoms with Crippen LogP contribution in [0.3, 0.4) is 0 Å². The third-order valence-electron chi connectivity index (χ3n) is 5.40. The van der Waals surface area contributed by atoms with Crippen LogP contribution >= 0.6 is 11.6 Å². The molecule has 0 radical (unpaired) electrons. The summed E-state index contributed by atoms with van der Waals surface area (Å²) in [5.41, 5.74) is 1.61. The molecule has 0 amide bonds. The van der Waals surface area contributed by atoms with Crippen LogP contribution in [-0.2, 0) is 10.0 Å². The second-order valence-electron chi connectivity index (χ2n) is 8.02. The van der Waals surface area contributed by atoms with Crippen molar-refractivity contribution in [3.05, 3.63) is 34.3 Å². The molecular formula is C22H35ClN2O2S. The average molecular weight is 427 g/mol.